The fourth-order valence-corrected chi connectivity index (χ4v) is 0. The third kappa shape index (κ3) is 2.68. The van der Waals surface area contributed by atoms with Crippen LogP contribution in [0, 0.1) is 0 Å². The minimum atomic E-state index is -3.13. The Hall–Kier alpha value is 0.0200. The van der Waals surface area contributed by atoms with E-state index in [9.17, 15) is 4.79 Å². The van der Waals surface area contributed by atoms with Gasteiger partial charge in [0.15, 0.2) is 0 Å². The van der Waals surface area contributed by atoms with Crippen LogP contribution in [0.1, 0.15) is 6.92 Å². The van der Waals surface area contributed by atoms with Crippen molar-refractivity contribution in [1.82, 2.24) is 0 Å². The van der Waals surface area contributed by atoms with E-state index >= 15 is 0 Å². The second-order valence-corrected chi connectivity index (χ2v) is 3.89. The van der Waals surface area contributed by atoms with Gasteiger partial charge in [-0.05, 0) is 0 Å². The molecular weight excluding hydrogens is 115 g/mol. The van der Waals surface area contributed by atoms with E-state index < -0.39 is 13.2 Å². The molecule has 0 bridgehead atoms. The highest BCUT2D eigenvalue weighted by molar-refractivity contribution is 7.80. The molecule has 0 spiro atoms. The zero-order valence-electron chi connectivity index (χ0n) is 4.25. The van der Waals surface area contributed by atoms with Gasteiger partial charge in [0.2, 0.25) is 0 Å². The number of hydrogen-bond acceptors (Lipinski definition) is 3. The van der Waals surface area contributed by atoms with Crippen LogP contribution in [0.15, 0.2) is 0 Å². The van der Waals surface area contributed by atoms with Crippen molar-refractivity contribution in [2.45, 2.75) is 6.92 Å². The Morgan fingerprint density at radius 1 is 1.57 bits per heavy atom. The number of rotatable bonds is 1. The Balaban J connectivity index is 3.79. The molecule has 0 radical (unpaired) electrons. The van der Waals surface area contributed by atoms with Crippen LogP contribution in [0.25, 0.3) is 0 Å². The summed E-state index contributed by atoms with van der Waals surface area (Å²) in [5.74, 6) is 0. The highest BCUT2D eigenvalue weighted by Crippen LogP contribution is 2.45. The lowest BCUT2D eigenvalue weighted by Crippen LogP contribution is -1.96. The summed E-state index contributed by atoms with van der Waals surface area (Å²) < 4.78 is 0. The van der Waals surface area contributed by atoms with Crippen molar-refractivity contribution >= 4 is 13.2 Å². The van der Waals surface area contributed by atoms with Gasteiger partial charge in [0, 0.05) is 6.92 Å². The third-order valence-electron chi connectivity index (χ3n) is 0.597. The number of hydrogen-bond donors (Lipinski definition) is 2. The van der Waals surface area contributed by atoms with Crippen LogP contribution in [0.5, 0.6) is 0 Å². The van der Waals surface area contributed by atoms with Crippen LogP contribution in [-0.4, -0.2) is 22.0 Å². The second-order valence-electron chi connectivity index (χ2n) is 1.43. The molecule has 0 rings (SSSR count). The fraction of sp³-hybridized carbons (Fsp3) is 0.667. The van der Waals surface area contributed by atoms with Gasteiger partial charge < -0.3 is 0 Å². The average Bonchev–Trinajstić information content (AvgIpc) is 1.31. The minimum Gasteiger partial charge on any atom is -0.247 e. The van der Waals surface area contributed by atoms with Crippen LogP contribution >= 0.6 is 7.72 Å². The molecule has 0 aromatic heterocycles. The Kier molecular flexibility index (Phi) is 1.87. The molecular formula is C3H8O3P+. The average molecular weight is 123 g/mol. The van der Waals surface area contributed by atoms with E-state index in [1.54, 1.807) is 0 Å². The molecule has 0 fully saturated rings. The predicted molar refractivity (Wildman–Crippen MR) is 28.0 cm³/mol. The van der Waals surface area contributed by atoms with E-state index in [4.69, 9.17) is 9.79 Å². The lowest BCUT2D eigenvalue weighted by molar-refractivity contribution is -0.111. The van der Waals surface area contributed by atoms with Crippen molar-refractivity contribution in [2.24, 2.45) is 0 Å². The van der Waals surface area contributed by atoms with Gasteiger partial charge in [0.05, 0.1) is 0 Å². The lowest BCUT2D eigenvalue weighted by atomic mass is 10.9. The molecule has 0 aliphatic heterocycles. The Labute approximate surface area is 42.5 Å². The van der Waals surface area contributed by atoms with Crippen molar-refractivity contribution in [3.8, 4) is 0 Å². The van der Waals surface area contributed by atoms with Crippen molar-refractivity contribution in [3.63, 3.8) is 0 Å². The molecule has 0 amide bonds. The number of carbonyl (C=O) groups excluding carboxylic acids is 1. The Morgan fingerprint density at radius 3 is 1.71 bits per heavy atom. The fourth-order valence-electron chi connectivity index (χ4n) is 0. The van der Waals surface area contributed by atoms with Crippen LogP contribution in [0.4, 0.5) is 0 Å². The van der Waals surface area contributed by atoms with Gasteiger partial charge in [-0.15, -0.1) is 0 Å². The number of carbonyl (C=O) groups is 1. The standard InChI is InChI=1S/C3H8O3P/c1-3(4)7(2,5)6/h5-6H,1-2H3/q+1. The van der Waals surface area contributed by atoms with E-state index in [0.717, 1.165) is 13.6 Å². The smallest absolute Gasteiger partial charge is 0.247 e. The largest absolute Gasteiger partial charge is 0.333 e. The maximum Gasteiger partial charge on any atom is 0.333 e. The third-order valence-corrected chi connectivity index (χ3v) is 1.79. The first kappa shape index (κ1) is 7.02. The second kappa shape index (κ2) is 1.86. The molecule has 7 heavy (non-hydrogen) atoms. The van der Waals surface area contributed by atoms with Crippen LogP contribution in [0.2, 0.25) is 0 Å². The maximum atomic E-state index is 10.0. The van der Waals surface area contributed by atoms with E-state index in [-0.39, 0.29) is 0 Å². The summed E-state index contributed by atoms with van der Waals surface area (Å²) in [4.78, 5) is 26.8. The SMILES string of the molecule is CC(=O)[P+](C)(O)O. The Morgan fingerprint density at radius 2 is 1.71 bits per heavy atom. The highest BCUT2D eigenvalue weighted by atomic mass is 31.2. The van der Waals surface area contributed by atoms with Gasteiger partial charge in [-0.25, -0.2) is 14.6 Å². The molecule has 4 heteroatoms. The molecule has 0 aliphatic carbocycles. The van der Waals surface area contributed by atoms with Gasteiger partial charge >= 0.3 is 13.2 Å². The summed E-state index contributed by atoms with van der Waals surface area (Å²) in [7, 11) is -3.13. The van der Waals surface area contributed by atoms with Gasteiger partial charge in [0.1, 0.15) is 6.66 Å². The van der Waals surface area contributed by atoms with E-state index in [1.807, 2.05) is 0 Å². The van der Waals surface area contributed by atoms with Crippen molar-refractivity contribution in [3.05, 3.63) is 0 Å². The first-order chi connectivity index (χ1) is 2.94. The quantitative estimate of drug-likeness (QED) is 0.482. The Bertz CT molecular complexity index is 82.7. The predicted octanol–water partition coefficient (Wildman–Crippen LogP) is -0.00510. The molecule has 42 valence electrons. The van der Waals surface area contributed by atoms with Gasteiger partial charge in [-0.3, -0.25) is 0 Å². The van der Waals surface area contributed by atoms with Gasteiger partial charge in [-0.1, -0.05) is 0 Å². The molecule has 0 heterocycles. The molecule has 0 aliphatic rings. The first-order valence-electron chi connectivity index (χ1n) is 1.77. The van der Waals surface area contributed by atoms with Crippen LogP contribution < -0.4 is 0 Å². The monoisotopic (exact) mass is 123 g/mol. The zero-order chi connectivity index (χ0) is 6.08. The van der Waals surface area contributed by atoms with Gasteiger partial charge in [0.25, 0.3) is 0 Å². The maximum absolute atomic E-state index is 10.0. The molecule has 0 aromatic rings. The van der Waals surface area contributed by atoms with Crippen molar-refractivity contribution in [1.29, 1.82) is 0 Å². The van der Waals surface area contributed by atoms with Crippen LogP contribution in [-0.2, 0) is 4.79 Å². The summed E-state index contributed by atoms with van der Waals surface area (Å²) in [6.45, 7) is 2.29. The first-order valence-corrected chi connectivity index (χ1v) is 3.92. The molecule has 2 N–H and O–H groups in total. The molecule has 0 atom stereocenters. The normalized spacial score (nSPS) is 11.4. The zero-order valence-corrected chi connectivity index (χ0v) is 5.14. The van der Waals surface area contributed by atoms with E-state index in [1.165, 1.54) is 0 Å². The van der Waals surface area contributed by atoms with E-state index in [2.05, 4.69) is 0 Å². The minimum absolute atomic E-state index is 0.535. The summed E-state index contributed by atoms with van der Waals surface area (Å²) in [5.41, 5.74) is -0.535. The summed E-state index contributed by atoms with van der Waals surface area (Å²) in [6.07, 6.45) is 0. The highest BCUT2D eigenvalue weighted by Gasteiger charge is 2.32. The van der Waals surface area contributed by atoms with Crippen LogP contribution in [0.3, 0.4) is 0 Å². The molecule has 3 nitrogen and oxygen atoms in total. The topological polar surface area (TPSA) is 57.5 Å². The molecule has 0 aromatic carbocycles. The molecule has 0 saturated heterocycles. The van der Waals surface area contributed by atoms with E-state index in [0.29, 0.717) is 0 Å². The van der Waals surface area contributed by atoms with Gasteiger partial charge in [-0.2, -0.15) is 0 Å². The van der Waals surface area contributed by atoms with Crippen molar-refractivity contribution < 1.29 is 14.6 Å². The summed E-state index contributed by atoms with van der Waals surface area (Å²) in [5, 5.41) is 0. The lowest BCUT2D eigenvalue weighted by Gasteiger charge is -1.96. The summed E-state index contributed by atoms with van der Waals surface area (Å²) in [6, 6.07) is 0. The molecule has 0 unspecified atom stereocenters. The molecule has 0 saturated carbocycles. The summed E-state index contributed by atoms with van der Waals surface area (Å²) >= 11 is 0. The van der Waals surface area contributed by atoms with Crippen molar-refractivity contribution in [2.75, 3.05) is 6.66 Å².